The number of halogens is 4. The number of fused-ring (bicyclic) bond motifs is 1. The smallest absolute Gasteiger partial charge is 0.418 e. The third kappa shape index (κ3) is 11.1. The predicted octanol–water partition coefficient (Wildman–Crippen LogP) is 5.58. The van der Waals surface area contributed by atoms with E-state index in [-0.39, 0.29) is 54.3 Å². The molecule has 0 saturated carbocycles. The number of likely N-dealkylation sites (tertiary alicyclic amines) is 3. The Labute approximate surface area is 342 Å². The van der Waals surface area contributed by atoms with Crippen LogP contribution < -0.4 is 16.4 Å². The van der Waals surface area contributed by atoms with Crippen molar-refractivity contribution >= 4 is 47.3 Å². The van der Waals surface area contributed by atoms with Crippen LogP contribution in [0.5, 0.6) is 0 Å². The summed E-state index contributed by atoms with van der Waals surface area (Å²) >= 11 is 6.15. The molecule has 13 nitrogen and oxygen atoms in total. The fraction of sp³-hybridized carbons (Fsp3) is 0.610. The molecule has 318 valence electrons. The van der Waals surface area contributed by atoms with Crippen LogP contribution in [0.25, 0.3) is 0 Å². The van der Waals surface area contributed by atoms with Crippen LogP contribution in [-0.2, 0) is 38.1 Å². The number of hydrogen-bond donors (Lipinski definition) is 3. The van der Waals surface area contributed by atoms with Gasteiger partial charge < -0.3 is 45.3 Å². The molecule has 2 atom stereocenters. The maximum Gasteiger partial charge on any atom is 0.418 e. The highest BCUT2D eigenvalue weighted by atomic mass is 35.5. The van der Waals surface area contributed by atoms with Crippen molar-refractivity contribution in [2.24, 2.45) is 0 Å². The standard InChI is InChI=1S/C41H55ClF3N7O6/c42-34-25-28(24-33(37(34)46)41(43,44)45)26-36(58-40(56)50-19-12-31(13-20-50)52-21-9-29-6-1-2-8-35(29)48-39(52)55)38(54)49-17-10-30(11-18-49)51-16-5-7-32(51)27-57-23-15-47-14-3-4-22-53/h1-2,6,8,22,24-25,30-32,36,47H,3-5,7,9-21,23,26-27,46H2,(H,48,55)/t32-,36+/m0/s1. The van der Waals surface area contributed by atoms with Gasteiger partial charge in [0.15, 0.2) is 6.10 Å². The van der Waals surface area contributed by atoms with E-state index in [0.29, 0.717) is 77.9 Å². The van der Waals surface area contributed by atoms with Crippen LogP contribution in [0.15, 0.2) is 36.4 Å². The topological polar surface area (TPSA) is 150 Å². The monoisotopic (exact) mass is 833 g/mol. The molecule has 0 bridgehead atoms. The lowest BCUT2D eigenvalue weighted by Crippen LogP contribution is -2.53. The molecule has 4 amide bonds. The van der Waals surface area contributed by atoms with Crippen molar-refractivity contribution < 1.29 is 41.8 Å². The minimum atomic E-state index is -4.79. The van der Waals surface area contributed by atoms with Crippen molar-refractivity contribution in [3.05, 3.63) is 58.1 Å². The van der Waals surface area contributed by atoms with Gasteiger partial charge in [0.25, 0.3) is 5.91 Å². The summed E-state index contributed by atoms with van der Waals surface area (Å²) < 4.78 is 53.6. The summed E-state index contributed by atoms with van der Waals surface area (Å²) in [7, 11) is 0. The van der Waals surface area contributed by atoms with Crippen LogP contribution >= 0.6 is 11.6 Å². The Balaban J connectivity index is 1.06. The van der Waals surface area contributed by atoms with Gasteiger partial charge in [0.05, 0.1) is 29.5 Å². The molecule has 4 aliphatic heterocycles. The highest BCUT2D eigenvalue weighted by molar-refractivity contribution is 6.33. The molecule has 3 fully saturated rings. The quantitative estimate of drug-likeness (QED) is 0.119. The highest BCUT2D eigenvalue weighted by Gasteiger charge is 2.39. The average molecular weight is 834 g/mol. The van der Waals surface area contributed by atoms with Gasteiger partial charge in [0.1, 0.15) is 6.29 Å². The molecular formula is C41H55ClF3N7O6. The summed E-state index contributed by atoms with van der Waals surface area (Å²) in [5.41, 5.74) is 5.87. The fourth-order valence-corrected chi connectivity index (χ4v) is 8.89. The van der Waals surface area contributed by atoms with Crippen LogP contribution in [0.2, 0.25) is 5.02 Å². The van der Waals surface area contributed by atoms with Gasteiger partial charge in [0.2, 0.25) is 0 Å². The predicted molar refractivity (Wildman–Crippen MR) is 214 cm³/mol. The number of rotatable bonds is 15. The lowest BCUT2D eigenvalue weighted by Gasteiger charge is -2.40. The molecule has 4 aliphatic rings. The number of unbranched alkanes of at least 4 members (excludes halogenated alkanes) is 1. The first-order valence-corrected chi connectivity index (χ1v) is 20.8. The largest absolute Gasteiger partial charge is 0.436 e. The Kier molecular flexibility index (Phi) is 15.2. The number of nitrogens with two attached hydrogens (primary N) is 1. The van der Waals surface area contributed by atoms with Gasteiger partial charge in [-0.25, -0.2) is 9.59 Å². The summed E-state index contributed by atoms with van der Waals surface area (Å²) in [6.07, 6.45) is 0.138. The van der Waals surface area contributed by atoms with Crippen molar-refractivity contribution in [3.63, 3.8) is 0 Å². The SMILES string of the molecule is Nc1c(Cl)cc(C[C@@H](OC(=O)N2CCC(N3CCc4ccccc4NC3=O)CC2)C(=O)N2CCC(N3CCC[C@H]3COCCNCCCC=O)CC2)cc1C(F)(F)F. The van der Waals surface area contributed by atoms with Crippen LogP contribution in [0, 0.1) is 0 Å². The number of anilines is 2. The van der Waals surface area contributed by atoms with Crippen molar-refractivity contribution in [3.8, 4) is 0 Å². The Morgan fingerprint density at radius 3 is 2.45 bits per heavy atom. The summed E-state index contributed by atoms with van der Waals surface area (Å²) in [6.45, 7) is 5.47. The van der Waals surface area contributed by atoms with Crippen LogP contribution in [0.4, 0.5) is 34.1 Å². The molecule has 4 heterocycles. The van der Waals surface area contributed by atoms with E-state index < -0.39 is 35.5 Å². The van der Waals surface area contributed by atoms with Gasteiger partial charge in [-0.3, -0.25) is 9.69 Å². The van der Waals surface area contributed by atoms with Gasteiger partial charge in [-0.05, 0) is 93.8 Å². The normalized spacial score (nSPS) is 20.4. The van der Waals surface area contributed by atoms with Crippen molar-refractivity contribution in [1.29, 1.82) is 0 Å². The van der Waals surface area contributed by atoms with Crippen LogP contribution in [-0.4, -0.2) is 134 Å². The number of ether oxygens (including phenoxy) is 2. The van der Waals surface area contributed by atoms with Crippen molar-refractivity contribution in [2.75, 3.05) is 76.6 Å². The molecule has 0 unspecified atom stereocenters. The van der Waals surface area contributed by atoms with E-state index in [0.717, 1.165) is 56.0 Å². The van der Waals surface area contributed by atoms with E-state index in [9.17, 15) is 32.3 Å². The molecule has 3 saturated heterocycles. The zero-order chi connectivity index (χ0) is 41.2. The third-order valence-electron chi connectivity index (χ3n) is 11.8. The van der Waals surface area contributed by atoms with E-state index in [4.69, 9.17) is 26.8 Å². The van der Waals surface area contributed by atoms with Crippen molar-refractivity contribution in [1.82, 2.24) is 24.9 Å². The number of nitrogens with one attached hydrogen (secondary N) is 2. The number of para-hydroxylation sites is 1. The number of benzene rings is 2. The number of nitrogen functional groups attached to an aromatic ring is 1. The molecule has 2 aromatic rings. The fourth-order valence-electron chi connectivity index (χ4n) is 8.65. The minimum Gasteiger partial charge on any atom is -0.436 e. The number of carbonyl (C=O) groups excluding carboxylic acids is 4. The molecule has 4 N–H and O–H groups in total. The zero-order valence-electron chi connectivity index (χ0n) is 32.8. The first-order valence-electron chi connectivity index (χ1n) is 20.5. The van der Waals surface area contributed by atoms with Crippen LogP contribution in [0.3, 0.4) is 0 Å². The number of carbonyl (C=O) groups is 4. The zero-order valence-corrected chi connectivity index (χ0v) is 33.6. The highest BCUT2D eigenvalue weighted by Crippen LogP contribution is 2.38. The summed E-state index contributed by atoms with van der Waals surface area (Å²) in [5.74, 6) is -0.481. The lowest BCUT2D eigenvalue weighted by atomic mass is 9.99. The van der Waals surface area contributed by atoms with Gasteiger partial charge >= 0.3 is 18.3 Å². The van der Waals surface area contributed by atoms with Gasteiger partial charge in [0, 0.05) is 75.9 Å². The van der Waals surface area contributed by atoms with E-state index in [1.165, 1.54) is 11.0 Å². The molecule has 0 radical (unpaired) electrons. The van der Waals surface area contributed by atoms with Crippen LogP contribution in [0.1, 0.15) is 68.1 Å². The minimum absolute atomic E-state index is 0.0653. The molecule has 0 aliphatic carbocycles. The maximum atomic E-state index is 14.2. The second kappa shape index (κ2) is 20.2. The third-order valence-corrected chi connectivity index (χ3v) is 12.1. The van der Waals surface area contributed by atoms with E-state index >= 15 is 0 Å². The van der Waals surface area contributed by atoms with Gasteiger partial charge in [-0.2, -0.15) is 13.2 Å². The van der Waals surface area contributed by atoms with Crippen molar-refractivity contribution in [2.45, 2.75) is 94.6 Å². The average Bonchev–Trinajstić information content (AvgIpc) is 3.61. The number of hydrogen-bond acceptors (Lipinski definition) is 9. The Morgan fingerprint density at radius 2 is 1.71 bits per heavy atom. The maximum absolute atomic E-state index is 14.2. The molecule has 17 heteroatoms. The Hall–Kier alpha value is -4.12. The van der Waals surface area contributed by atoms with E-state index in [1.54, 1.807) is 9.80 Å². The molecule has 2 aromatic carbocycles. The first-order chi connectivity index (χ1) is 27.9. The Bertz CT molecular complexity index is 1740. The second-order valence-corrected chi connectivity index (χ2v) is 16.0. The summed E-state index contributed by atoms with van der Waals surface area (Å²) in [5, 5.41) is 5.96. The van der Waals surface area contributed by atoms with Gasteiger partial charge in [-0.15, -0.1) is 0 Å². The molecule has 0 spiro atoms. The number of amides is 4. The lowest BCUT2D eigenvalue weighted by molar-refractivity contribution is -0.142. The summed E-state index contributed by atoms with van der Waals surface area (Å²) in [6, 6.07) is 10.0. The molecule has 6 rings (SSSR count). The number of nitrogens with zero attached hydrogens (tertiary/aromatic N) is 4. The molecule has 0 aromatic heterocycles. The first kappa shape index (κ1) is 43.5. The summed E-state index contributed by atoms with van der Waals surface area (Å²) in [4.78, 5) is 58.9. The second-order valence-electron chi connectivity index (χ2n) is 15.6. The molecule has 58 heavy (non-hydrogen) atoms. The van der Waals surface area contributed by atoms with Gasteiger partial charge in [-0.1, -0.05) is 29.8 Å². The van der Waals surface area contributed by atoms with E-state index in [1.807, 2.05) is 24.3 Å². The number of alkyl halides is 3. The molecular weight excluding hydrogens is 779 g/mol. The number of piperidine rings is 2. The Morgan fingerprint density at radius 1 is 0.983 bits per heavy atom. The van der Waals surface area contributed by atoms with E-state index in [2.05, 4.69) is 15.5 Å². The number of urea groups is 1. The number of aldehydes is 1.